The monoisotopic (exact) mass is 554 g/mol. The zero-order valence-corrected chi connectivity index (χ0v) is 19.5. The quantitative estimate of drug-likeness (QED) is 0.250. The highest BCUT2D eigenvalue weighted by Gasteiger charge is 2.26. The molecule has 0 fully saturated rings. The molecule has 3 aromatic carbocycles. The maximum Gasteiger partial charge on any atom is 0.177 e. The number of fused-ring (bicyclic) bond motifs is 1. The molecule has 2 atom stereocenters. The summed E-state index contributed by atoms with van der Waals surface area (Å²) >= 11 is 10.8. The summed E-state index contributed by atoms with van der Waals surface area (Å²) in [5.41, 5.74) is 1.65. The zero-order valence-electron chi connectivity index (χ0n) is 14.7. The Labute approximate surface area is 183 Å². The van der Waals surface area contributed by atoms with Crippen LogP contribution in [0.1, 0.15) is 20.7 Å². The zero-order chi connectivity index (χ0) is 19.6. The third-order valence-electron chi connectivity index (χ3n) is 4.36. The molecule has 0 aliphatic rings. The van der Waals surface area contributed by atoms with E-state index in [2.05, 4.69) is 53.9 Å². The molecule has 0 heterocycles. The summed E-state index contributed by atoms with van der Waals surface area (Å²) in [6.45, 7) is 0. The van der Waals surface area contributed by atoms with Crippen LogP contribution in [0.2, 0.25) is 0 Å². The Balaban J connectivity index is 1.87. The standard InChI is InChI=1S/C21H17Br3O3/c1-26-15-7-3-12(4-8-15)21(25)20(24)18(22)14-5-9-16-13(11-14)6-10-17(27-2)19(16)23/h3-11,18,20H,1-2H3/t18-,20-/m1/s1. The molecule has 0 N–H and O–H groups in total. The van der Waals surface area contributed by atoms with Gasteiger partial charge in [-0.25, -0.2) is 0 Å². The van der Waals surface area contributed by atoms with Gasteiger partial charge < -0.3 is 9.47 Å². The first-order valence-electron chi connectivity index (χ1n) is 8.19. The van der Waals surface area contributed by atoms with E-state index in [4.69, 9.17) is 9.47 Å². The van der Waals surface area contributed by atoms with Crippen LogP contribution in [0.15, 0.2) is 59.1 Å². The van der Waals surface area contributed by atoms with Crippen molar-refractivity contribution in [2.75, 3.05) is 14.2 Å². The first-order chi connectivity index (χ1) is 13.0. The van der Waals surface area contributed by atoms with Crippen LogP contribution in [0.5, 0.6) is 11.5 Å². The third-order valence-corrected chi connectivity index (χ3v) is 7.89. The summed E-state index contributed by atoms with van der Waals surface area (Å²) < 4.78 is 11.4. The number of benzene rings is 3. The molecule has 140 valence electrons. The van der Waals surface area contributed by atoms with Crippen LogP contribution in [-0.2, 0) is 0 Å². The van der Waals surface area contributed by atoms with Gasteiger partial charge in [0.25, 0.3) is 0 Å². The highest BCUT2D eigenvalue weighted by molar-refractivity contribution is 9.12. The molecular weight excluding hydrogens is 540 g/mol. The van der Waals surface area contributed by atoms with Crippen LogP contribution in [0.4, 0.5) is 0 Å². The lowest BCUT2D eigenvalue weighted by Crippen LogP contribution is -2.19. The molecule has 0 spiro atoms. The van der Waals surface area contributed by atoms with E-state index >= 15 is 0 Å². The minimum atomic E-state index is -0.398. The largest absolute Gasteiger partial charge is 0.497 e. The van der Waals surface area contributed by atoms with E-state index in [-0.39, 0.29) is 10.6 Å². The molecule has 0 aliphatic carbocycles. The van der Waals surface area contributed by atoms with Gasteiger partial charge >= 0.3 is 0 Å². The van der Waals surface area contributed by atoms with Crippen molar-refractivity contribution in [3.63, 3.8) is 0 Å². The number of alkyl halides is 2. The number of hydrogen-bond donors (Lipinski definition) is 0. The number of rotatable bonds is 6. The van der Waals surface area contributed by atoms with E-state index in [1.165, 1.54) is 0 Å². The smallest absolute Gasteiger partial charge is 0.177 e. The molecule has 6 heteroatoms. The number of ether oxygens (including phenoxy) is 2. The van der Waals surface area contributed by atoms with E-state index in [1.807, 2.05) is 24.3 Å². The third kappa shape index (κ3) is 4.23. The number of ketones is 1. The van der Waals surface area contributed by atoms with E-state index in [0.717, 1.165) is 32.3 Å². The summed E-state index contributed by atoms with van der Waals surface area (Å²) in [5.74, 6) is 1.53. The van der Waals surface area contributed by atoms with Gasteiger partial charge in [-0.15, -0.1) is 0 Å². The maximum atomic E-state index is 12.8. The first-order valence-corrected chi connectivity index (χ1v) is 10.8. The summed E-state index contributed by atoms with van der Waals surface area (Å²) in [4.78, 5) is 12.3. The molecule has 0 saturated carbocycles. The SMILES string of the molecule is COc1ccc(C(=O)[C@H](Br)[C@H](Br)c2ccc3c(Br)c(OC)ccc3c2)cc1. The average Bonchev–Trinajstić information content (AvgIpc) is 2.72. The fraction of sp³-hybridized carbons (Fsp3) is 0.190. The Morgan fingerprint density at radius 1 is 0.926 bits per heavy atom. The second-order valence-electron chi connectivity index (χ2n) is 5.96. The lowest BCUT2D eigenvalue weighted by Gasteiger charge is -2.17. The molecule has 0 amide bonds. The Hall–Kier alpha value is -1.37. The molecule has 0 aromatic heterocycles. The normalized spacial score (nSPS) is 13.2. The van der Waals surface area contributed by atoms with Gasteiger partial charge in [0.1, 0.15) is 11.5 Å². The maximum absolute atomic E-state index is 12.8. The van der Waals surface area contributed by atoms with Crippen molar-refractivity contribution in [2.45, 2.75) is 9.65 Å². The summed E-state index contributed by atoms with van der Waals surface area (Å²) in [7, 11) is 3.25. The summed E-state index contributed by atoms with van der Waals surface area (Å²) in [6, 6.07) is 17.2. The number of halogens is 3. The van der Waals surface area contributed by atoms with Crippen molar-refractivity contribution >= 4 is 64.3 Å². The van der Waals surface area contributed by atoms with E-state index in [0.29, 0.717) is 5.56 Å². The van der Waals surface area contributed by atoms with Crippen LogP contribution in [-0.4, -0.2) is 24.8 Å². The topological polar surface area (TPSA) is 35.5 Å². The number of Topliss-reactive ketones (excluding diaryl/α,β-unsaturated/α-hetero) is 1. The number of methoxy groups -OCH3 is 2. The minimum Gasteiger partial charge on any atom is -0.497 e. The van der Waals surface area contributed by atoms with Crippen molar-refractivity contribution in [3.05, 3.63) is 70.2 Å². The predicted octanol–water partition coefficient (Wildman–Crippen LogP) is 6.70. The molecular formula is C21H17Br3O3. The molecule has 0 bridgehead atoms. The van der Waals surface area contributed by atoms with E-state index in [9.17, 15) is 4.79 Å². The average molecular weight is 557 g/mol. The molecule has 3 rings (SSSR count). The predicted molar refractivity (Wildman–Crippen MR) is 120 cm³/mol. The first kappa shape index (κ1) is 20.4. The van der Waals surface area contributed by atoms with E-state index < -0.39 is 4.83 Å². The van der Waals surface area contributed by atoms with Gasteiger partial charge in [-0.2, -0.15) is 0 Å². The lowest BCUT2D eigenvalue weighted by molar-refractivity contribution is 0.0991. The molecule has 0 saturated heterocycles. The molecule has 0 unspecified atom stereocenters. The fourth-order valence-electron chi connectivity index (χ4n) is 2.84. The van der Waals surface area contributed by atoms with Crippen molar-refractivity contribution < 1.29 is 14.3 Å². The fourth-order valence-corrected chi connectivity index (χ4v) is 4.59. The molecule has 0 radical (unpaired) electrons. The number of hydrogen-bond acceptors (Lipinski definition) is 3. The van der Waals surface area contributed by atoms with Gasteiger partial charge in [0.15, 0.2) is 5.78 Å². The number of carbonyl (C=O) groups is 1. The second kappa shape index (κ2) is 8.76. The molecule has 3 nitrogen and oxygen atoms in total. The Morgan fingerprint density at radius 3 is 2.26 bits per heavy atom. The van der Waals surface area contributed by atoms with Gasteiger partial charge in [-0.05, 0) is 68.7 Å². The van der Waals surface area contributed by atoms with Gasteiger partial charge in [0, 0.05) is 5.56 Å². The van der Waals surface area contributed by atoms with Crippen molar-refractivity contribution in [2.24, 2.45) is 0 Å². The summed E-state index contributed by atoms with van der Waals surface area (Å²) in [6.07, 6.45) is 0. The van der Waals surface area contributed by atoms with Gasteiger partial charge in [-0.3, -0.25) is 4.79 Å². The van der Waals surface area contributed by atoms with Crippen LogP contribution in [0, 0.1) is 0 Å². The Bertz CT molecular complexity index is 970. The Kier molecular flexibility index (Phi) is 6.61. The second-order valence-corrected chi connectivity index (χ2v) is 8.72. The van der Waals surface area contributed by atoms with Crippen molar-refractivity contribution in [1.29, 1.82) is 0 Å². The van der Waals surface area contributed by atoms with Crippen LogP contribution < -0.4 is 9.47 Å². The van der Waals surface area contributed by atoms with Gasteiger partial charge in [0.05, 0.1) is 28.3 Å². The highest BCUT2D eigenvalue weighted by Crippen LogP contribution is 2.38. The van der Waals surface area contributed by atoms with Crippen LogP contribution in [0.3, 0.4) is 0 Å². The van der Waals surface area contributed by atoms with Crippen molar-refractivity contribution in [1.82, 2.24) is 0 Å². The van der Waals surface area contributed by atoms with Crippen molar-refractivity contribution in [3.8, 4) is 11.5 Å². The number of carbonyl (C=O) groups excluding carboxylic acids is 1. The minimum absolute atomic E-state index is 0.00976. The van der Waals surface area contributed by atoms with Crippen LogP contribution in [0.25, 0.3) is 10.8 Å². The highest BCUT2D eigenvalue weighted by atomic mass is 79.9. The Morgan fingerprint density at radius 2 is 1.63 bits per heavy atom. The van der Waals surface area contributed by atoms with E-state index in [1.54, 1.807) is 38.5 Å². The molecule has 3 aromatic rings. The molecule has 27 heavy (non-hydrogen) atoms. The molecule has 0 aliphatic heterocycles. The van der Waals surface area contributed by atoms with Gasteiger partial charge in [-0.1, -0.05) is 50.1 Å². The van der Waals surface area contributed by atoms with Crippen LogP contribution >= 0.6 is 47.8 Å². The van der Waals surface area contributed by atoms with Gasteiger partial charge in [0.2, 0.25) is 0 Å². The summed E-state index contributed by atoms with van der Waals surface area (Å²) in [5, 5.41) is 2.13. The lowest BCUT2D eigenvalue weighted by atomic mass is 10.00.